The fourth-order valence-corrected chi connectivity index (χ4v) is 0.625. The van der Waals surface area contributed by atoms with Crippen LogP contribution in [-0.4, -0.2) is 0 Å². The number of nitrogen functional groups attached to an aromatic ring is 1. The predicted molar refractivity (Wildman–Crippen MR) is 35.5 cm³/mol. The Balaban J connectivity index is 3.25. The van der Waals surface area contributed by atoms with Crippen LogP contribution in [0.2, 0.25) is 0 Å². The Morgan fingerprint density at radius 3 is 2.70 bits per heavy atom. The summed E-state index contributed by atoms with van der Waals surface area (Å²) in [6.45, 7) is 0. The number of nitrogens with zero attached hydrogens (tertiary/aromatic N) is 1. The Labute approximate surface area is 57.7 Å². The molecule has 0 fully saturated rings. The van der Waals surface area contributed by atoms with Crippen LogP contribution in [0.15, 0.2) is 18.2 Å². The first-order valence-corrected chi connectivity index (χ1v) is 2.69. The topological polar surface area (TPSA) is 49.8 Å². The highest BCUT2D eigenvalue weighted by atomic mass is 19.1. The number of nitriles is 1. The quantitative estimate of drug-likeness (QED) is 0.546. The van der Waals surface area contributed by atoms with Gasteiger partial charge in [-0.25, -0.2) is 4.39 Å². The summed E-state index contributed by atoms with van der Waals surface area (Å²) in [7, 11) is 0. The Hall–Kier alpha value is -1.56. The summed E-state index contributed by atoms with van der Waals surface area (Å²) in [5.41, 5.74) is 5.80. The lowest BCUT2D eigenvalue weighted by Gasteiger charge is -1.93. The lowest BCUT2D eigenvalue weighted by atomic mass is 10.2. The van der Waals surface area contributed by atoms with E-state index in [1.807, 2.05) is 0 Å². The van der Waals surface area contributed by atoms with Crippen LogP contribution in [0.4, 0.5) is 10.1 Å². The summed E-state index contributed by atoms with van der Waals surface area (Å²) in [6.07, 6.45) is 0. The van der Waals surface area contributed by atoms with E-state index in [9.17, 15) is 4.39 Å². The van der Waals surface area contributed by atoms with Gasteiger partial charge in [-0.15, -0.1) is 0 Å². The highest BCUT2D eigenvalue weighted by molar-refractivity contribution is 5.53. The van der Waals surface area contributed by atoms with Crippen molar-refractivity contribution in [2.24, 2.45) is 0 Å². The normalized spacial score (nSPS) is 8.80. The fourth-order valence-electron chi connectivity index (χ4n) is 0.625. The predicted octanol–water partition coefficient (Wildman–Crippen LogP) is 1.28. The summed E-state index contributed by atoms with van der Waals surface area (Å²) in [5, 5.41) is 8.35. The zero-order chi connectivity index (χ0) is 7.56. The maximum Gasteiger partial charge on any atom is 0.124 e. The smallest absolute Gasteiger partial charge is 0.124 e. The first-order valence-electron chi connectivity index (χ1n) is 2.69. The molecule has 1 aromatic rings. The molecule has 1 aromatic carbocycles. The first-order chi connectivity index (χ1) is 4.74. The third-order valence-corrected chi connectivity index (χ3v) is 1.14. The highest BCUT2D eigenvalue weighted by Gasteiger charge is 1.97. The van der Waals surface area contributed by atoms with Gasteiger partial charge >= 0.3 is 0 Å². The van der Waals surface area contributed by atoms with Crippen LogP contribution in [0.5, 0.6) is 0 Å². The molecule has 0 radical (unpaired) electrons. The second-order valence-corrected chi connectivity index (χ2v) is 1.84. The fraction of sp³-hybridized carbons (Fsp3) is 0. The first kappa shape index (κ1) is 6.56. The molecule has 0 heterocycles. The molecule has 0 aliphatic heterocycles. The number of nitrogens with two attached hydrogens (primary N) is 1. The molecule has 2 nitrogen and oxygen atoms in total. The Kier molecular flexibility index (Phi) is 1.55. The highest BCUT2D eigenvalue weighted by Crippen LogP contribution is 2.10. The van der Waals surface area contributed by atoms with Crippen LogP contribution >= 0.6 is 0 Å². The molecule has 0 amide bonds. The van der Waals surface area contributed by atoms with Crippen molar-refractivity contribution in [3.8, 4) is 6.07 Å². The van der Waals surface area contributed by atoms with Crippen molar-refractivity contribution in [1.29, 1.82) is 5.26 Å². The molecule has 0 saturated carbocycles. The van der Waals surface area contributed by atoms with Gasteiger partial charge in [-0.3, -0.25) is 0 Å². The van der Waals surface area contributed by atoms with Crippen LogP contribution in [0, 0.1) is 17.1 Å². The number of rotatable bonds is 0. The molecular formula is C7H5FN2. The largest absolute Gasteiger partial charge is 0.398 e. The van der Waals surface area contributed by atoms with E-state index in [1.165, 1.54) is 12.1 Å². The molecule has 0 aliphatic carbocycles. The second-order valence-electron chi connectivity index (χ2n) is 1.84. The molecule has 0 spiro atoms. The van der Waals surface area contributed by atoms with Gasteiger partial charge in [-0.2, -0.15) is 5.26 Å². The molecule has 0 aromatic heterocycles. The number of benzene rings is 1. The minimum Gasteiger partial charge on any atom is -0.398 e. The third kappa shape index (κ3) is 1.06. The molecule has 3 heteroatoms. The molecule has 0 aliphatic rings. The molecule has 0 saturated heterocycles. The van der Waals surface area contributed by atoms with Gasteiger partial charge in [0, 0.05) is 5.69 Å². The van der Waals surface area contributed by atoms with E-state index in [1.54, 1.807) is 6.07 Å². The molecule has 2 N–H and O–H groups in total. The monoisotopic (exact) mass is 136 g/mol. The maximum absolute atomic E-state index is 12.3. The van der Waals surface area contributed by atoms with Gasteiger partial charge in [0.25, 0.3) is 0 Å². The van der Waals surface area contributed by atoms with Crippen LogP contribution < -0.4 is 5.73 Å². The average Bonchev–Trinajstić information content (AvgIpc) is 1.94. The van der Waals surface area contributed by atoms with Crippen molar-refractivity contribution in [3.05, 3.63) is 29.6 Å². The van der Waals surface area contributed by atoms with Crippen molar-refractivity contribution < 1.29 is 4.39 Å². The van der Waals surface area contributed by atoms with E-state index in [4.69, 9.17) is 11.0 Å². The minimum atomic E-state index is -0.439. The number of hydrogen-bond acceptors (Lipinski definition) is 2. The van der Waals surface area contributed by atoms with Crippen molar-refractivity contribution in [1.82, 2.24) is 0 Å². The number of halogens is 1. The van der Waals surface area contributed by atoms with Gasteiger partial charge in [-0.05, 0) is 18.2 Å². The Morgan fingerprint density at radius 1 is 1.50 bits per heavy atom. The van der Waals surface area contributed by atoms with Gasteiger partial charge in [0.15, 0.2) is 0 Å². The van der Waals surface area contributed by atoms with E-state index in [0.29, 0.717) is 5.69 Å². The summed E-state index contributed by atoms with van der Waals surface area (Å²) in [5.74, 6) is -0.439. The SMILES string of the molecule is N#Cc1cc(F)ccc1N. The van der Waals surface area contributed by atoms with Gasteiger partial charge in [-0.1, -0.05) is 0 Å². The second kappa shape index (κ2) is 2.36. The van der Waals surface area contributed by atoms with Gasteiger partial charge in [0.05, 0.1) is 5.56 Å². The zero-order valence-electron chi connectivity index (χ0n) is 5.13. The van der Waals surface area contributed by atoms with Crippen LogP contribution in [0.3, 0.4) is 0 Å². The molecular weight excluding hydrogens is 131 g/mol. The van der Waals surface area contributed by atoms with E-state index in [2.05, 4.69) is 0 Å². The Morgan fingerprint density at radius 2 is 2.20 bits per heavy atom. The lowest BCUT2D eigenvalue weighted by molar-refractivity contribution is 0.627. The number of anilines is 1. The minimum absolute atomic E-state index is 0.181. The number of hydrogen-bond donors (Lipinski definition) is 1. The molecule has 50 valence electrons. The van der Waals surface area contributed by atoms with E-state index >= 15 is 0 Å². The van der Waals surface area contributed by atoms with E-state index in [-0.39, 0.29) is 5.56 Å². The van der Waals surface area contributed by atoms with E-state index < -0.39 is 5.82 Å². The van der Waals surface area contributed by atoms with Crippen molar-refractivity contribution >= 4 is 5.69 Å². The third-order valence-electron chi connectivity index (χ3n) is 1.14. The average molecular weight is 136 g/mol. The van der Waals surface area contributed by atoms with Gasteiger partial charge < -0.3 is 5.73 Å². The van der Waals surface area contributed by atoms with Crippen molar-refractivity contribution in [3.63, 3.8) is 0 Å². The molecule has 10 heavy (non-hydrogen) atoms. The summed E-state index contributed by atoms with van der Waals surface area (Å²) < 4.78 is 12.3. The zero-order valence-corrected chi connectivity index (χ0v) is 5.13. The molecule has 1 rings (SSSR count). The molecule has 0 unspecified atom stereocenters. The maximum atomic E-state index is 12.3. The van der Waals surface area contributed by atoms with Crippen LogP contribution in [0.1, 0.15) is 5.56 Å². The summed E-state index contributed by atoms with van der Waals surface area (Å²) in [4.78, 5) is 0. The van der Waals surface area contributed by atoms with Crippen LogP contribution in [-0.2, 0) is 0 Å². The van der Waals surface area contributed by atoms with Crippen LogP contribution in [0.25, 0.3) is 0 Å². The molecule has 0 atom stereocenters. The van der Waals surface area contributed by atoms with Crippen molar-refractivity contribution in [2.75, 3.05) is 5.73 Å². The Bertz CT molecular complexity index is 288. The van der Waals surface area contributed by atoms with Gasteiger partial charge in [0.2, 0.25) is 0 Å². The summed E-state index contributed by atoms with van der Waals surface area (Å²) in [6, 6.07) is 5.46. The summed E-state index contributed by atoms with van der Waals surface area (Å²) >= 11 is 0. The standard InChI is InChI=1S/C7H5FN2/c8-6-1-2-7(10)5(3-6)4-9/h1-3H,10H2. The van der Waals surface area contributed by atoms with Gasteiger partial charge in [0.1, 0.15) is 11.9 Å². The molecule has 0 bridgehead atoms. The van der Waals surface area contributed by atoms with Crippen molar-refractivity contribution in [2.45, 2.75) is 0 Å². The lowest BCUT2D eigenvalue weighted by Crippen LogP contribution is -1.89. The van der Waals surface area contributed by atoms with E-state index in [0.717, 1.165) is 6.07 Å².